The third-order valence-electron chi connectivity index (χ3n) is 0.777. The minimum atomic E-state index is -0.278. The van der Waals surface area contributed by atoms with E-state index in [0.29, 0.717) is 0 Å². The van der Waals surface area contributed by atoms with Crippen LogP contribution in [0, 0.1) is 5.92 Å². The average Bonchev–Trinajstić information content (AvgIpc) is 1.84. The van der Waals surface area contributed by atoms with Gasteiger partial charge in [-0.25, -0.2) is 0 Å². The molecule has 0 aromatic rings. The van der Waals surface area contributed by atoms with Crippen molar-refractivity contribution in [2.75, 3.05) is 7.11 Å². The van der Waals surface area contributed by atoms with Gasteiger partial charge in [0.05, 0.1) is 13.0 Å². The molecule has 0 aliphatic carbocycles. The van der Waals surface area contributed by atoms with Gasteiger partial charge in [-0.15, -0.1) is 0 Å². The minimum Gasteiger partial charge on any atom is -0.469 e. The van der Waals surface area contributed by atoms with Gasteiger partial charge in [-0.05, 0) is 12.3 Å². The largest absolute Gasteiger partial charge is 0.469 e. The maximum absolute atomic E-state index is 10.4. The van der Waals surface area contributed by atoms with Crippen molar-refractivity contribution < 1.29 is 9.53 Å². The smallest absolute Gasteiger partial charge is 0.313 e. The van der Waals surface area contributed by atoms with Crippen LogP contribution < -0.4 is 0 Å². The van der Waals surface area contributed by atoms with E-state index in [-0.39, 0.29) is 11.9 Å². The lowest BCUT2D eigenvalue weighted by Crippen LogP contribution is -2.12. The number of carbonyl (C=O) groups excluding carboxylic acids is 1. The highest BCUT2D eigenvalue weighted by atomic mass is 32.1. The fourth-order valence-corrected chi connectivity index (χ4v) is 0.353. The second kappa shape index (κ2) is 3.55. The van der Waals surface area contributed by atoms with E-state index in [9.17, 15) is 4.79 Å². The van der Waals surface area contributed by atoms with Crippen LogP contribution in [0.4, 0.5) is 0 Å². The van der Waals surface area contributed by atoms with Crippen LogP contribution in [-0.4, -0.2) is 18.4 Å². The molecule has 3 heteroatoms. The lowest BCUT2D eigenvalue weighted by Gasteiger charge is -1.98. The molecule has 0 rings (SSSR count). The summed E-state index contributed by atoms with van der Waals surface area (Å²) in [6.45, 7) is 1.69. The van der Waals surface area contributed by atoms with Gasteiger partial charge in [0.15, 0.2) is 0 Å². The van der Waals surface area contributed by atoms with Crippen molar-refractivity contribution in [2.24, 2.45) is 5.92 Å². The molecule has 0 bridgehead atoms. The Bertz CT molecular complexity index is 101. The summed E-state index contributed by atoms with van der Waals surface area (Å²) >= 11 is 4.49. The first kappa shape index (κ1) is 7.56. The van der Waals surface area contributed by atoms with Crippen LogP contribution in [0.3, 0.4) is 0 Å². The van der Waals surface area contributed by atoms with Gasteiger partial charge in [-0.2, -0.15) is 0 Å². The van der Waals surface area contributed by atoms with Crippen molar-refractivity contribution in [3.63, 3.8) is 0 Å². The van der Waals surface area contributed by atoms with Crippen LogP contribution in [0.1, 0.15) is 6.92 Å². The van der Waals surface area contributed by atoms with E-state index >= 15 is 0 Å². The van der Waals surface area contributed by atoms with Gasteiger partial charge < -0.3 is 4.74 Å². The van der Waals surface area contributed by atoms with E-state index in [1.165, 1.54) is 12.5 Å². The summed E-state index contributed by atoms with van der Waals surface area (Å²) in [7, 11) is 1.34. The Morgan fingerprint density at radius 1 is 1.88 bits per heavy atom. The number of ether oxygens (including phenoxy) is 1. The topological polar surface area (TPSA) is 26.3 Å². The fraction of sp³-hybridized carbons (Fsp3) is 0.600. The van der Waals surface area contributed by atoms with Crippen molar-refractivity contribution >= 4 is 23.6 Å². The standard InChI is InChI=1S/C5H8O2S/c1-4(3-8)5(6)7-2/h3-4H,1-2H3. The van der Waals surface area contributed by atoms with Gasteiger partial charge in [-0.1, -0.05) is 12.2 Å². The summed E-state index contributed by atoms with van der Waals surface area (Å²) in [4.78, 5) is 10.4. The number of carbonyl (C=O) groups is 1. The predicted octanol–water partition coefficient (Wildman–Crippen LogP) is 0.795. The van der Waals surface area contributed by atoms with E-state index in [0.717, 1.165) is 0 Å². The van der Waals surface area contributed by atoms with Crippen LogP contribution in [-0.2, 0) is 9.53 Å². The maximum atomic E-state index is 10.4. The van der Waals surface area contributed by atoms with E-state index in [4.69, 9.17) is 0 Å². The van der Waals surface area contributed by atoms with E-state index in [2.05, 4.69) is 17.0 Å². The Balaban J connectivity index is 3.62. The molecule has 2 nitrogen and oxygen atoms in total. The molecule has 0 aliphatic heterocycles. The van der Waals surface area contributed by atoms with Gasteiger partial charge in [-0.3, -0.25) is 4.79 Å². The highest BCUT2D eigenvalue weighted by Crippen LogP contribution is 1.91. The fourth-order valence-electron chi connectivity index (χ4n) is 0.241. The molecule has 0 saturated heterocycles. The van der Waals surface area contributed by atoms with Crippen molar-refractivity contribution in [2.45, 2.75) is 6.92 Å². The molecule has 1 unspecified atom stereocenters. The summed E-state index contributed by atoms with van der Waals surface area (Å²) in [5.74, 6) is -0.532. The molecule has 0 amide bonds. The number of rotatable bonds is 2. The molecule has 0 saturated carbocycles. The molecule has 46 valence electrons. The zero-order chi connectivity index (χ0) is 6.57. The second-order valence-electron chi connectivity index (χ2n) is 1.45. The SMILES string of the molecule is COC(=O)C(C)C=S. The Kier molecular flexibility index (Phi) is 3.35. The molecular weight excluding hydrogens is 124 g/mol. The summed E-state index contributed by atoms with van der Waals surface area (Å²) < 4.78 is 4.37. The zero-order valence-corrected chi connectivity index (χ0v) is 5.70. The maximum Gasteiger partial charge on any atom is 0.313 e. The van der Waals surface area contributed by atoms with Crippen LogP contribution in [0.15, 0.2) is 0 Å². The average molecular weight is 132 g/mol. The van der Waals surface area contributed by atoms with E-state index < -0.39 is 0 Å². The lowest BCUT2D eigenvalue weighted by molar-refractivity contribution is -0.142. The second-order valence-corrected chi connectivity index (χ2v) is 1.72. The summed E-state index contributed by atoms with van der Waals surface area (Å²) in [5.41, 5.74) is 0. The first-order valence-corrected chi connectivity index (χ1v) is 2.72. The summed E-state index contributed by atoms with van der Waals surface area (Å²) in [5, 5.41) is 1.38. The van der Waals surface area contributed by atoms with E-state index in [1.807, 2.05) is 0 Å². The van der Waals surface area contributed by atoms with Crippen LogP contribution in [0.25, 0.3) is 0 Å². The van der Waals surface area contributed by atoms with Crippen molar-refractivity contribution in [3.8, 4) is 0 Å². The quantitative estimate of drug-likeness (QED) is 0.410. The molecule has 0 aromatic carbocycles. The van der Waals surface area contributed by atoms with Crippen LogP contribution in [0.2, 0.25) is 0 Å². The lowest BCUT2D eigenvalue weighted by atomic mass is 10.2. The molecular formula is C5H8O2S. The number of esters is 1. The molecule has 0 radical (unpaired) electrons. The first-order valence-electron chi connectivity index (χ1n) is 2.25. The number of thiocarbonyl (C=S) groups is 1. The normalized spacial score (nSPS) is 12.2. The summed E-state index contributed by atoms with van der Waals surface area (Å²) in [6.07, 6.45) is 0. The number of hydrogen-bond donors (Lipinski definition) is 0. The molecule has 0 aromatic heterocycles. The van der Waals surface area contributed by atoms with Crippen LogP contribution >= 0.6 is 12.2 Å². The molecule has 0 aliphatic rings. The van der Waals surface area contributed by atoms with Crippen molar-refractivity contribution in [3.05, 3.63) is 0 Å². The Hall–Kier alpha value is -0.440. The third-order valence-corrected chi connectivity index (χ3v) is 1.19. The minimum absolute atomic E-state index is 0.255. The monoisotopic (exact) mass is 132 g/mol. The molecule has 8 heavy (non-hydrogen) atoms. The van der Waals surface area contributed by atoms with Crippen molar-refractivity contribution in [1.29, 1.82) is 0 Å². The molecule has 0 N–H and O–H groups in total. The molecule has 0 spiro atoms. The van der Waals surface area contributed by atoms with Gasteiger partial charge in [0, 0.05) is 0 Å². The highest BCUT2D eigenvalue weighted by Gasteiger charge is 2.07. The molecule has 0 heterocycles. The van der Waals surface area contributed by atoms with E-state index in [1.54, 1.807) is 6.92 Å². The zero-order valence-electron chi connectivity index (χ0n) is 4.88. The molecule has 0 fully saturated rings. The van der Waals surface area contributed by atoms with Gasteiger partial charge in [0.1, 0.15) is 0 Å². The first-order chi connectivity index (χ1) is 3.72. The third kappa shape index (κ3) is 2.02. The Morgan fingerprint density at radius 2 is 2.38 bits per heavy atom. The Labute approximate surface area is 53.8 Å². The number of methoxy groups -OCH3 is 1. The predicted molar refractivity (Wildman–Crippen MR) is 34.8 cm³/mol. The molecule has 1 atom stereocenters. The highest BCUT2D eigenvalue weighted by molar-refractivity contribution is 7.79. The van der Waals surface area contributed by atoms with Gasteiger partial charge >= 0.3 is 5.97 Å². The summed E-state index contributed by atoms with van der Waals surface area (Å²) in [6, 6.07) is 0. The van der Waals surface area contributed by atoms with Crippen LogP contribution in [0.5, 0.6) is 0 Å². The number of hydrogen-bond acceptors (Lipinski definition) is 3. The Morgan fingerprint density at radius 3 is 2.50 bits per heavy atom. The van der Waals surface area contributed by atoms with Gasteiger partial charge in [0.2, 0.25) is 0 Å². The van der Waals surface area contributed by atoms with Gasteiger partial charge in [0.25, 0.3) is 0 Å². The van der Waals surface area contributed by atoms with Crippen molar-refractivity contribution in [1.82, 2.24) is 0 Å².